The van der Waals surface area contributed by atoms with Crippen LogP contribution in [0.4, 0.5) is 5.95 Å². The highest BCUT2D eigenvalue weighted by Gasteiger charge is 2.27. The van der Waals surface area contributed by atoms with E-state index in [1.807, 2.05) is 16.9 Å². The Morgan fingerprint density at radius 1 is 1.19 bits per heavy atom. The SMILES string of the molecule is CCCc1nc(N2CCC(c3nnc(Cn4cccn4)n3CC)CC2)no1. The Balaban J connectivity index is 1.42. The first-order valence-corrected chi connectivity index (χ1v) is 9.75. The van der Waals surface area contributed by atoms with Crippen LogP contribution in [-0.2, 0) is 19.5 Å². The van der Waals surface area contributed by atoms with Crippen LogP contribution < -0.4 is 4.90 Å². The zero-order valence-corrected chi connectivity index (χ0v) is 16.0. The summed E-state index contributed by atoms with van der Waals surface area (Å²) < 4.78 is 9.44. The second-order valence-electron chi connectivity index (χ2n) is 6.92. The molecule has 0 bridgehead atoms. The number of nitrogens with zero attached hydrogens (tertiary/aromatic N) is 8. The lowest BCUT2D eigenvalue weighted by Gasteiger charge is -2.30. The molecule has 0 aliphatic carbocycles. The normalized spacial score (nSPS) is 15.6. The van der Waals surface area contributed by atoms with Gasteiger partial charge in [0.15, 0.2) is 5.82 Å². The first-order valence-electron chi connectivity index (χ1n) is 9.75. The molecule has 4 heterocycles. The van der Waals surface area contributed by atoms with E-state index in [0.717, 1.165) is 62.9 Å². The lowest BCUT2D eigenvalue weighted by Crippen LogP contribution is -2.34. The van der Waals surface area contributed by atoms with Crippen molar-refractivity contribution in [2.24, 2.45) is 0 Å². The van der Waals surface area contributed by atoms with E-state index >= 15 is 0 Å². The van der Waals surface area contributed by atoms with E-state index in [9.17, 15) is 0 Å². The van der Waals surface area contributed by atoms with Crippen LogP contribution in [0.5, 0.6) is 0 Å². The standard InChI is InChI=1S/C18H26N8O/c1-3-6-16-20-18(23-27-16)24-11-7-14(8-12-24)17-22-21-15(26(17)4-2)13-25-10-5-9-19-25/h5,9-10,14H,3-4,6-8,11-13H2,1-2H3. The number of rotatable bonds is 7. The number of hydrogen-bond donors (Lipinski definition) is 0. The predicted octanol–water partition coefficient (Wildman–Crippen LogP) is 2.26. The predicted molar refractivity (Wildman–Crippen MR) is 99.5 cm³/mol. The summed E-state index contributed by atoms with van der Waals surface area (Å²) in [6.07, 6.45) is 7.60. The summed E-state index contributed by atoms with van der Waals surface area (Å²) in [7, 11) is 0. The van der Waals surface area contributed by atoms with Gasteiger partial charge in [-0.25, -0.2) is 0 Å². The van der Waals surface area contributed by atoms with Gasteiger partial charge >= 0.3 is 0 Å². The fourth-order valence-corrected chi connectivity index (χ4v) is 3.68. The summed E-state index contributed by atoms with van der Waals surface area (Å²) in [5.74, 6) is 3.89. The van der Waals surface area contributed by atoms with E-state index in [2.05, 4.69) is 48.8 Å². The van der Waals surface area contributed by atoms with Crippen LogP contribution in [0.15, 0.2) is 23.0 Å². The van der Waals surface area contributed by atoms with Gasteiger partial charge in [-0.2, -0.15) is 10.1 Å². The third-order valence-electron chi connectivity index (χ3n) is 5.10. The van der Waals surface area contributed by atoms with Crippen LogP contribution in [0.3, 0.4) is 0 Å². The molecule has 0 saturated carbocycles. The van der Waals surface area contributed by atoms with Gasteiger partial charge < -0.3 is 14.0 Å². The lowest BCUT2D eigenvalue weighted by atomic mass is 9.96. The Hall–Kier alpha value is -2.71. The summed E-state index contributed by atoms with van der Waals surface area (Å²) in [6.45, 7) is 7.57. The molecule has 0 atom stereocenters. The van der Waals surface area contributed by atoms with Crippen molar-refractivity contribution >= 4 is 5.95 Å². The monoisotopic (exact) mass is 370 g/mol. The van der Waals surface area contributed by atoms with Gasteiger partial charge in [0.25, 0.3) is 5.95 Å². The lowest BCUT2D eigenvalue weighted by molar-refractivity contribution is 0.374. The van der Waals surface area contributed by atoms with Gasteiger partial charge in [-0.15, -0.1) is 10.2 Å². The Kier molecular flexibility index (Phi) is 5.17. The number of hydrogen-bond acceptors (Lipinski definition) is 7. The maximum Gasteiger partial charge on any atom is 0.266 e. The van der Waals surface area contributed by atoms with Crippen molar-refractivity contribution in [3.8, 4) is 0 Å². The van der Waals surface area contributed by atoms with Gasteiger partial charge in [0, 0.05) is 44.4 Å². The first-order chi connectivity index (χ1) is 13.3. The third-order valence-corrected chi connectivity index (χ3v) is 5.10. The maximum atomic E-state index is 5.32. The molecule has 9 heteroatoms. The van der Waals surface area contributed by atoms with Crippen molar-refractivity contribution in [1.29, 1.82) is 0 Å². The topological polar surface area (TPSA) is 90.7 Å². The zero-order valence-electron chi connectivity index (χ0n) is 16.0. The zero-order chi connectivity index (χ0) is 18.6. The second kappa shape index (κ2) is 7.89. The molecule has 0 unspecified atom stereocenters. The third kappa shape index (κ3) is 3.72. The molecule has 0 radical (unpaired) electrons. The van der Waals surface area contributed by atoms with Crippen LogP contribution in [-0.4, -0.2) is 47.8 Å². The molecule has 0 spiro atoms. The van der Waals surface area contributed by atoms with E-state index in [-0.39, 0.29) is 0 Å². The highest BCUT2D eigenvalue weighted by Crippen LogP contribution is 2.29. The molecule has 1 aliphatic rings. The maximum absolute atomic E-state index is 5.32. The van der Waals surface area contributed by atoms with Gasteiger partial charge in [0.2, 0.25) is 5.89 Å². The van der Waals surface area contributed by atoms with E-state index in [0.29, 0.717) is 18.4 Å². The summed E-state index contributed by atoms with van der Waals surface area (Å²) in [6, 6.07) is 1.92. The molecule has 4 rings (SSSR count). The van der Waals surface area contributed by atoms with Crippen LogP contribution in [0.1, 0.15) is 56.6 Å². The fraction of sp³-hybridized carbons (Fsp3) is 0.611. The van der Waals surface area contributed by atoms with Crippen molar-refractivity contribution in [3.05, 3.63) is 36.0 Å². The van der Waals surface area contributed by atoms with Crippen molar-refractivity contribution in [2.45, 2.75) is 58.5 Å². The Bertz CT molecular complexity index is 845. The van der Waals surface area contributed by atoms with Crippen molar-refractivity contribution in [3.63, 3.8) is 0 Å². The quantitative estimate of drug-likeness (QED) is 0.630. The minimum Gasteiger partial charge on any atom is -0.338 e. The minimum absolute atomic E-state index is 0.405. The summed E-state index contributed by atoms with van der Waals surface area (Å²) in [4.78, 5) is 6.71. The molecule has 144 valence electrons. The molecular formula is C18H26N8O. The van der Waals surface area contributed by atoms with E-state index in [4.69, 9.17) is 4.52 Å². The smallest absolute Gasteiger partial charge is 0.266 e. The van der Waals surface area contributed by atoms with Crippen molar-refractivity contribution in [1.82, 2.24) is 34.7 Å². The Labute approximate surface area is 158 Å². The van der Waals surface area contributed by atoms with Crippen LogP contribution in [0.25, 0.3) is 0 Å². The van der Waals surface area contributed by atoms with Gasteiger partial charge in [0.05, 0.1) is 0 Å². The molecule has 3 aromatic heterocycles. The molecule has 0 aromatic carbocycles. The van der Waals surface area contributed by atoms with E-state index < -0.39 is 0 Å². The first kappa shape index (κ1) is 17.7. The number of piperidine rings is 1. The highest BCUT2D eigenvalue weighted by atomic mass is 16.5. The molecule has 1 aliphatic heterocycles. The minimum atomic E-state index is 0.405. The Morgan fingerprint density at radius 2 is 2.04 bits per heavy atom. The molecule has 0 N–H and O–H groups in total. The van der Waals surface area contributed by atoms with E-state index in [1.54, 1.807) is 6.20 Å². The number of aromatic nitrogens is 7. The molecule has 1 saturated heterocycles. The molecular weight excluding hydrogens is 344 g/mol. The van der Waals surface area contributed by atoms with Gasteiger partial charge in [-0.1, -0.05) is 6.92 Å². The number of anilines is 1. The fourth-order valence-electron chi connectivity index (χ4n) is 3.68. The molecule has 1 fully saturated rings. The molecule has 27 heavy (non-hydrogen) atoms. The Morgan fingerprint density at radius 3 is 2.74 bits per heavy atom. The van der Waals surface area contributed by atoms with Gasteiger partial charge in [-0.3, -0.25) is 4.68 Å². The van der Waals surface area contributed by atoms with Crippen LogP contribution in [0.2, 0.25) is 0 Å². The highest BCUT2D eigenvalue weighted by molar-refractivity contribution is 5.29. The van der Waals surface area contributed by atoms with Crippen LogP contribution >= 0.6 is 0 Å². The van der Waals surface area contributed by atoms with Gasteiger partial charge in [0.1, 0.15) is 12.4 Å². The molecule has 3 aromatic rings. The van der Waals surface area contributed by atoms with Gasteiger partial charge in [-0.05, 0) is 37.4 Å². The molecule has 9 nitrogen and oxygen atoms in total. The summed E-state index contributed by atoms with van der Waals surface area (Å²) in [5.41, 5.74) is 0. The molecule has 0 amide bonds. The van der Waals surface area contributed by atoms with Crippen LogP contribution in [0, 0.1) is 0 Å². The van der Waals surface area contributed by atoms with E-state index in [1.165, 1.54) is 0 Å². The largest absolute Gasteiger partial charge is 0.338 e. The number of aryl methyl sites for hydroxylation is 1. The second-order valence-corrected chi connectivity index (χ2v) is 6.92. The average Bonchev–Trinajstić information content (AvgIpc) is 3.44. The summed E-state index contributed by atoms with van der Waals surface area (Å²) >= 11 is 0. The van der Waals surface area contributed by atoms with Crippen molar-refractivity contribution < 1.29 is 4.52 Å². The average molecular weight is 370 g/mol. The summed E-state index contributed by atoms with van der Waals surface area (Å²) in [5, 5.41) is 17.4. The van der Waals surface area contributed by atoms with Crippen molar-refractivity contribution in [2.75, 3.05) is 18.0 Å².